The number of aliphatic carboxylic acids is 2. The van der Waals surface area contributed by atoms with Gasteiger partial charge in [-0.15, -0.1) is 0 Å². The summed E-state index contributed by atoms with van der Waals surface area (Å²) in [6.07, 6.45) is 0.467. The van der Waals surface area contributed by atoms with Crippen molar-refractivity contribution in [2.45, 2.75) is 46.2 Å². The molecule has 0 aromatic rings. The Hall–Kier alpha value is -1.63. The van der Waals surface area contributed by atoms with Crippen LogP contribution in [0, 0.1) is 5.92 Å². The minimum absolute atomic E-state index is 0.262. The Morgan fingerprint density at radius 1 is 1.11 bits per heavy atom. The van der Waals surface area contributed by atoms with Crippen LogP contribution in [-0.2, 0) is 14.4 Å². The van der Waals surface area contributed by atoms with E-state index in [1.54, 1.807) is 0 Å². The molecule has 7 nitrogen and oxygen atoms in total. The molecule has 0 aromatic heterocycles. The van der Waals surface area contributed by atoms with Crippen molar-refractivity contribution in [3.8, 4) is 0 Å². The van der Waals surface area contributed by atoms with Gasteiger partial charge in [0.25, 0.3) is 0 Å². The topological polar surface area (TPSA) is 130 Å². The average molecular weight is 262 g/mol. The fraction of sp³-hybridized carbons (Fsp3) is 0.727. The summed E-state index contributed by atoms with van der Waals surface area (Å²) >= 11 is 0. The van der Waals surface area contributed by atoms with Crippen LogP contribution < -0.4 is 11.1 Å². The summed E-state index contributed by atoms with van der Waals surface area (Å²) in [6, 6.07) is -1.48. The first-order valence-corrected chi connectivity index (χ1v) is 5.56. The number of rotatable bonds is 5. The number of amides is 1. The third-order valence-electron chi connectivity index (χ3n) is 1.77. The van der Waals surface area contributed by atoms with Gasteiger partial charge < -0.3 is 21.3 Å². The van der Waals surface area contributed by atoms with E-state index >= 15 is 0 Å². The van der Waals surface area contributed by atoms with Crippen molar-refractivity contribution < 1.29 is 24.6 Å². The normalized spacial score (nSPS) is 13.0. The van der Waals surface area contributed by atoms with Crippen LogP contribution in [0.5, 0.6) is 0 Å². The van der Waals surface area contributed by atoms with Gasteiger partial charge in [0.2, 0.25) is 5.91 Å². The molecule has 0 aliphatic carbocycles. The van der Waals surface area contributed by atoms with Gasteiger partial charge >= 0.3 is 11.9 Å². The Balaban J connectivity index is 0. The van der Waals surface area contributed by atoms with E-state index in [0.717, 1.165) is 0 Å². The van der Waals surface area contributed by atoms with Crippen molar-refractivity contribution in [2.75, 3.05) is 0 Å². The minimum atomic E-state index is -0.973. The predicted molar refractivity (Wildman–Crippen MR) is 66.0 cm³/mol. The molecule has 0 fully saturated rings. The molecule has 0 saturated heterocycles. The van der Waals surface area contributed by atoms with Crippen molar-refractivity contribution in [1.29, 1.82) is 0 Å². The zero-order valence-corrected chi connectivity index (χ0v) is 11.1. The average Bonchev–Trinajstić information content (AvgIpc) is 2.15. The van der Waals surface area contributed by atoms with Crippen LogP contribution in [-0.4, -0.2) is 40.1 Å². The molecule has 0 aliphatic heterocycles. The van der Waals surface area contributed by atoms with E-state index < -0.39 is 24.0 Å². The molecule has 18 heavy (non-hydrogen) atoms. The number of hydrogen-bond acceptors (Lipinski definition) is 4. The second-order valence-electron chi connectivity index (χ2n) is 4.35. The molecule has 0 heterocycles. The molecule has 0 bridgehead atoms. The van der Waals surface area contributed by atoms with Gasteiger partial charge in [0.15, 0.2) is 0 Å². The predicted octanol–water partition coefficient (Wildman–Crippen LogP) is 0.0400. The van der Waals surface area contributed by atoms with Gasteiger partial charge in [0, 0.05) is 6.92 Å². The number of hydrogen-bond donors (Lipinski definition) is 4. The van der Waals surface area contributed by atoms with Crippen molar-refractivity contribution in [3.05, 3.63) is 0 Å². The van der Waals surface area contributed by atoms with Gasteiger partial charge in [0.05, 0.1) is 0 Å². The Morgan fingerprint density at radius 2 is 1.50 bits per heavy atom. The van der Waals surface area contributed by atoms with E-state index in [9.17, 15) is 14.4 Å². The zero-order chi connectivity index (χ0) is 14.9. The minimum Gasteiger partial charge on any atom is -0.480 e. The summed E-state index contributed by atoms with van der Waals surface area (Å²) < 4.78 is 0. The van der Waals surface area contributed by atoms with Crippen LogP contribution in [0.25, 0.3) is 0 Å². The third kappa shape index (κ3) is 12.4. The summed E-state index contributed by atoms with van der Waals surface area (Å²) in [5, 5.41) is 18.9. The number of carboxylic acids is 2. The number of carbonyl (C=O) groups excluding carboxylic acids is 1. The largest absolute Gasteiger partial charge is 0.480 e. The molecule has 0 rings (SSSR count). The lowest BCUT2D eigenvalue weighted by Gasteiger charge is -2.14. The molecule has 0 spiro atoms. The van der Waals surface area contributed by atoms with E-state index in [4.69, 9.17) is 15.9 Å². The van der Waals surface area contributed by atoms with E-state index in [0.29, 0.717) is 6.42 Å². The molecule has 2 atom stereocenters. The maximum Gasteiger partial charge on any atom is 0.326 e. The van der Waals surface area contributed by atoms with Crippen LogP contribution in [0.15, 0.2) is 0 Å². The summed E-state index contributed by atoms with van der Waals surface area (Å²) in [5.74, 6) is -1.98. The van der Waals surface area contributed by atoms with Gasteiger partial charge in [-0.25, -0.2) is 4.79 Å². The number of nitrogens with one attached hydrogen (secondary N) is 1. The lowest BCUT2D eigenvalue weighted by Crippen LogP contribution is -2.40. The smallest absolute Gasteiger partial charge is 0.326 e. The SMILES string of the molecule is CC(=O)N[C@H](CC(C)C)C(=O)O.C[C@@H](N)C(=O)O. The van der Waals surface area contributed by atoms with Crippen LogP contribution in [0.3, 0.4) is 0 Å². The monoisotopic (exact) mass is 262 g/mol. The summed E-state index contributed by atoms with van der Waals surface area (Å²) in [5.41, 5.74) is 4.84. The van der Waals surface area contributed by atoms with Crippen LogP contribution in [0.2, 0.25) is 0 Å². The van der Waals surface area contributed by atoms with Crippen molar-refractivity contribution in [1.82, 2.24) is 5.32 Å². The second-order valence-corrected chi connectivity index (χ2v) is 4.35. The standard InChI is InChI=1S/C8H15NO3.C3H7NO2/c1-5(2)4-7(8(11)12)9-6(3)10;1-2(4)3(5)6/h5,7H,4H2,1-3H3,(H,9,10)(H,11,12);2H,4H2,1H3,(H,5,6)/t7-;2-/m11/s1. The van der Waals surface area contributed by atoms with Crippen molar-refractivity contribution in [2.24, 2.45) is 11.7 Å². The van der Waals surface area contributed by atoms with Crippen molar-refractivity contribution in [3.63, 3.8) is 0 Å². The fourth-order valence-electron chi connectivity index (χ4n) is 0.938. The van der Waals surface area contributed by atoms with Gasteiger partial charge in [-0.3, -0.25) is 9.59 Å². The zero-order valence-electron chi connectivity index (χ0n) is 11.1. The molecule has 5 N–H and O–H groups in total. The van der Waals surface area contributed by atoms with Crippen molar-refractivity contribution >= 4 is 17.8 Å². The quantitative estimate of drug-likeness (QED) is 0.553. The lowest BCUT2D eigenvalue weighted by atomic mass is 10.0. The second kappa shape index (κ2) is 9.41. The Kier molecular flexibility index (Phi) is 9.79. The van der Waals surface area contributed by atoms with Gasteiger partial charge in [-0.1, -0.05) is 13.8 Å². The number of carboxylic acid groups (broad SMARTS) is 2. The van der Waals surface area contributed by atoms with E-state index in [-0.39, 0.29) is 11.8 Å². The third-order valence-corrected chi connectivity index (χ3v) is 1.77. The summed E-state index contributed by atoms with van der Waals surface area (Å²) in [7, 11) is 0. The maximum absolute atomic E-state index is 10.6. The highest BCUT2D eigenvalue weighted by atomic mass is 16.4. The molecule has 7 heteroatoms. The van der Waals surface area contributed by atoms with Crippen LogP contribution in [0.1, 0.15) is 34.1 Å². The summed E-state index contributed by atoms with van der Waals surface area (Å²) in [4.78, 5) is 30.7. The first kappa shape index (κ1) is 18.7. The lowest BCUT2D eigenvalue weighted by molar-refractivity contribution is -0.142. The maximum atomic E-state index is 10.6. The highest BCUT2D eigenvalue weighted by Gasteiger charge is 2.18. The Bertz CT molecular complexity index is 289. The van der Waals surface area contributed by atoms with Gasteiger partial charge in [-0.05, 0) is 19.3 Å². The molecule has 106 valence electrons. The molecule has 0 aliphatic rings. The van der Waals surface area contributed by atoms with Crippen LogP contribution >= 0.6 is 0 Å². The highest BCUT2D eigenvalue weighted by Crippen LogP contribution is 2.04. The van der Waals surface area contributed by atoms with E-state index in [1.165, 1.54) is 13.8 Å². The highest BCUT2D eigenvalue weighted by molar-refractivity contribution is 5.81. The van der Waals surface area contributed by atoms with E-state index in [1.807, 2.05) is 13.8 Å². The fourth-order valence-corrected chi connectivity index (χ4v) is 0.938. The van der Waals surface area contributed by atoms with Crippen LogP contribution in [0.4, 0.5) is 0 Å². The molecule has 1 amide bonds. The Labute approximate surface area is 106 Å². The number of carbonyl (C=O) groups is 3. The molecule has 0 aromatic carbocycles. The van der Waals surface area contributed by atoms with E-state index in [2.05, 4.69) is 5.32 Å². The molecule has 0 radical (unpaired) electrons. The van der Waals surface area contributed by atoms with Gasteiger partial charge in [-0.2, -0.15) is 0 Å². The molecule has 0 saturated carbocycles. The summed E-state index contributed by atoms with van der Waals surface area (Å²) in [6.45, 7) is 6.56. The molecular weight excluding hydrogens is 240 g/mol. The number of nitrogens with two attached hydrogens (primary N) is 1. The first-order valence-electron chi connectivity index (χ1n) is 5.56. The molecule has 0 unspecified atom stereocenters. The van der Waals surface area contributed by atoms with Gasteiger partial charge in [0.1, 0.15) is 12.1 Å². The Morgan fingerprint density at radius 3 is 1.67 bits per heavy atom. The molecular formula is C11H22N2O5. The first-order chi connectivity index (χ1) is 8.07.